The van der Waals surface area contributed by atoms with E-state index < -0.39 is 0 Å². The highest BCUT2D eigenvalue weighted by molar-refractivity contribution is 9.10. The molecule has 0 saturated carbocycles. The maximum absolute atomic E-state index is 12.5. The number of thioether (sulfide) groups is 1. The first-order chi connectivity index (χ1) is 12.1. The van der Waals surface area contributed by atoms with Gasteiger partial charge in [0.15, 0.2) is 5.16 Å². The number of hydrogen-bond donors (Lipinski definition) is 0. The minimum atomic E-state index is 0.0997. The summed E-state index contributed by atoms with van der Waals surface area (Å²) in [6, 6.07) is 16.1. The number of amides is 1. The van der Waals surface area contributed by atoms with Crippen LogP contribution in [0.2, 0.25) is 0 Å². The zero-order valence-corrected chi connectivity index (χ0v) is 16.7. The van der Waals surface area contributed by atoms with Gasteiger partial charge in [-0.3, -0.25) is 4.79 Å². The third-order valence-corrected chi connectivity index (χ3v) is 5.51. The zero-order chi connectivity index (χ0) is 17.8. The second kappa shape index (κ2) is 8.06. The molecular weight excluding hydrogens is 398 g/mol. The van der Waals surface area contributed by atoms with E-state index in [1.807, 2.05) is 49.5 Å². The summed E-state index contributed by atoms with van der Waals surface area (Å²) in [6.45, 7) is 3.54. The Labute approximate surface area is 160 Å². The van der Waals surface area contributed by atoms with Crippen molar-refractivity contribution >= 4 is 44.6 Å². The third kappa shape index (κ3) is 4.25. The molecule has 0 saturated heterocycles. The lowest BCUT2D eigenvalue weighted by molar-refractivity contribution is -0.127. The number of aryl methyl sites for hydroxylation is 1. The molecule has 0 bridgehead atoms. The molecule has 6 heteroatoms. The third-order valence-electron chi connectivity index (χ3n) is 4.02. The van der Waals surface area contributed by atoms with Crippen LogP contribution in [0.5, 0.6) is 0 Å². The highest BCUT2D eigenvalue weighted by Gasteiger charge is 2.14. The van der Waals surface area contributed by atoms with Crippen LogP contribution in [0.1, 0.15) is 12.5 Å². The van der Waals surface area contributed by atoms with E-state index in [0.29, 0.717) is 12.3 Å². The SMILES string of the molecule is CCn1c(SCC(=O)N(C)Cc2ccc(Br)cc2)nc2ccccc21. The van der Waals surface area contributed by atoms with Gasteiger partial charge in [0.25, 0.3) is 0 Å². The molecule has 0 aliphatic carbocycles. The number of aromatic nitrogens is 2. The van der Waals surface area contributed by atoms with Crippen LogP contribution in [0, 0.1) is 0 Å². The normalized spacial score (nSPS) is 11.0. The summed E-state index contributed by atoms with van der Waals surface area (Å²) in [5, 5.41) is 0.897. The van der Waals surface area contributed by atoms with Crippen molar-refractivity contribution < 1.29 is 4.79 Å². The smallest absolute Gasteiger partial charge is 0.233 e. The number of halogens is 1. The van der Waals surface area contributed by atoms with Crippen molar-refractivity contribution in [1.82, 2.24) is 14.5 Å². The lowest BCUT2D eigenvalue weighted by Crippen LogP contribution is -2.27. The molecule has 0 fully saturated rings. The maximum atomic E-state index is 12.5. The first-order valence-corrected chi connectivity index (χ1v) is 9.93. The van der Waals surface area contributed by atoms with Gasteiger partial charge >= 0.3 is 0 Å². The van der Waals surface area contributed by atoms with Gasteiger partial charge in [-0.2, -0.15) is 0 Å². The van der Waals surface area contributed by atoms with Gasteiger partial charge in [-0.25, -0.2) is 4.98 Å². The van der Waals surface area contributed by atoms with Crippen LogP contribution in [0.4, 0.5) is 0 Å². The summed E-state index contributed by atoms with van der Waals surface area (Å²) in [7, 11) is 1.84. The predicted octanol–water partition coefficient (Wildman–Crippen LogP) is 4.57. The molecule has 1 aromatic heterocycles. The van der Waals surface area contributed by atoms with Crippen LogP contribution in [0.25, 0.3) is 11.0 Å². The van der Waals surface area contributed by atoms with Crippen LogP contribution in [0.3, 0.4) is 0 Å². The predicted molar refractivity (Wildman–Crippen MR) is 107 cm³/mol. The van der Waals surface area contributed by atoms with E-state index in [9.17, 15) is 4.79 Å². The van der Waals surface area contributed by atoms with Gasteiger partial charge in [-0.1, -0.05) is 52.0 Å². The molecule has 0 N–H and O–H groups in total. The van der Waals surface area contributed by atoms with Crippen LogP contribution in [0.15, 0.2) is 58.2 Å². The van der Waals surface area contributed by atoms with Gasteiger partial charge in [-0.15, -0.1) is 0 Å². The lowest BCUT2D eigenvalue weighted by atomic mass is 10.2. The monoisotopic (exact) mass is 417 g/mol. The Kier molecular flexibility index (Phi) is 5.81. The molecule has 0 aliphatic rings. The minimum absolute atomic E-state index is 0.0997. The Bertz CT molecular complexity index is 876. The molecule has 0 radical (unpaired) electrons. The lowest BCUT2D eigenvalue weighted by Gasteiger charge is -2.17. The van der Waals surface area contributed by atoms with E-state index >= 15 is 0 Å². The van der Waals surface area contributed by atoms with E-state index in [1.165, 1.54) is 11.8 Å². The second-order valence-electron chi connectivity index (χ2n) is 5.79. The average molecular weight is 418 g/mol. The number of carbonyl (C=O) groups is 1. The molecule has 3 rings (SSSR count). The Morgan fingerprint density at radius 3 is 2.64 bits per heavy atom. The van der Waals surface area contributed by atoms with E-state index in [2.05, 4.69) is 38.5 Å². The minimum Gasteiger partial charge on any atom is -0.341 e. The standard InChI is InChI=1S/C19H20BrN3OS/c1-3-23-17-7-5-4-6-16(17)21-19(23)25-13-18(24)22(2)12-14-8-10-15(20)11-9-14/h4-11H,3,12-13H2,1-2H3. The molecule has 1 heterocycles. The number of fused-ring (bicyclic) bond motifs is 1. The van der Waals surface area contributed by atoms with Gasteiger partial charge in [0, 0.05) is 24.6 Å². The molecule has 130 valence electrons. The van der Waals surface area contributed by atoms with E-state index in [1.54, 1.807) is 4.90 Å². The molecule has 2 aromatic carbocycles. The molecular formula is C19H20BrN3OS. The van der Waals surface area contributed by atoms with Crippen LogP contribution < -0.4 is 0 Å². The topological polar surface area (TPSA) is 38.1 Å². The fourth-order valence-electron chi connectivity index (χ4n) is 2.66. The largest absolute Gasteiger partial charge is 0.341 e. The summed E-state index contributed by atoms with van der Waals surface area (Å²) < 4.78 is 3.20. The van der Waals surface area contributed by atoms with Crippen molar-refractivity contribution in [3.05, 3.63) is 58.6 Å². The Morgan fingerprint density at radius 1 is 1.20 bits per heavy atom. The number of carbonyl (C=O) groups excluding carboxylic acids is 1. The summed E-state index contributed by atoms with van der Waals surface area (Å²) >= 11 is 4.93. The zero-order valence-electron chi connectivity index (χ0n) is 14.3. The first-order valence-electron chi connectivity index (χ1n) is 8.15. The van der Waals surface area contributed by atoms with E-state index in [0.717, 1.165) is 32.8 Å². The maximum Gasteiger partial charge on any atom is 0.233 e. The number of benzene rings is 2. The fraction of sp³-hybridized carbons (Fsp3) is 0.263. The van der Waals surface area contributed by atoms with Crippen molar-refractivity contribution in [2.24, 2.45) is 0 Å². The Balaban J connectivity index is 1.64. The molecule has 0 unspecified atom stereocenters. The first kappa shape index (κ1) is 18.0. The van der Waals surface area contributed by atoms with Crippen LogP contribution >= 0.6 is 27.7 Å². The fourth-order valence-corrected chi connectivity index (χ4v) is 3.94. The average Bonchev–Trinajstić information content (AvgIpc) is 2.99. The summed E-state index contributed by atoms with van der Waals surface area (Å²) in [5.74, 6) is 0.485. The summed E-state index contributed by atoms with van der Waals surface area (Å²) in [5.41, 5.74) is 3.20. The molecule has 25 heavy (non-hydrogen) atoms. The van der Waals surface area contributed by atoms with Crippen molar-refractivity contribution in [3.8, 4) is 0 Å². The number of imidazole rings is 1. The van der Waals surface area contributed by atoms with Gasteiger partial charge in [0.05, 0.1) is 16.8 Å². The van der Waals surface area contributed by atoms with E-state index in [4.69, 9.17) is 0 Å². The molecule has 1 amide bonds. The molecule has 3 aromatic rings. The Hall–Kier alpha value is -1.79. The van der Waals surface area contributed by atoms with Crippen molar-refractivity contribution in [3.63, 3.8) is 0 Å². The molecule has 0 spiro atoms. The quantitative estimate of drug-likeness (QED) is 0.551. The van der Waals surface area contributed by atoms with Gasteiger partial charge in [-0.05, 0) is 36.8 Å². The number of hydrogen-bond acceptors (Lipinski definition) is 3. The number of para-hydroxylation sites is 2. The van der Waals surface area contributed by atoms with Gasteiger partial charge in [0.1, 0.15) is 0 Å². The second-order valence-corrected chi connectivity index (χ2v) is 7.65. The Morgan fingerprint density at radius 2 is 1.92 bits per heavy atom. The number of nitrogens with zero attached hydrogens (tertiary/aromatic N) is 3. The van der Waals surface area contributed by atoms with Crippen LogP contribution in [-0.4, -0.2) is 33.2 Å². The van der Waals surface area contributed by atoms with Crippen molar-refractivity contribution in [2.75, 3.05) is 12.8 Å². The highest BCUT2D eigenvalue weighted by atomic mass is 79.9. The molecule has 0 atom stereocenters. The van der Waals surface area contributed by atoms with Crippen molar-refractivity contribution in [1.29, 1.82) is 0 Å². The van der Waals surface area contributed by atoms with E-state index in [-0.39, 0.29) is 5.91 Å². The molecule has 0 aliphatic heterocycles. The van der Waals surface area contributed by atoms with Crippen molar-refractivity contribution in [2.45, 2.75) is 25.2 Å². The highest BCUT2D eigenvalue weighted by Crippen LogP contribution is 2.24. The van der Waals surface area contributed by atoms with Gasteiger partial charge < -0.3 is 9.47 Å². The summed E-state index contributed by atoms with van der Waals surface area (Å²) in [4.78, 5) is 18.9. The number of rotatable bonds is 6. The molecule has 4 nitrogen and oxygen atoms in total. The van der Waals surface area contributed by atoms with Crippen LogP contribution in [-0.2, 0) is 17.9 Å². The van der Waals surface area contributed by atoms with Gasteiger partial charge in [0.2, 0.25) is 5.91 Å². The summed E-state index contributed by atoms with van der Waals surface area (Å²) in [6.07, 6.45) is 0.